The van der Waals surface area contributed by atoms with Crippen LogP contribution in [0.1, 0.15) is 0 Å². The number of ether oxygens (including phenoxy) is 7. The standard InChI is InChI=1S/C20H35NO7/c21-6-7-22-8-9-23-10-11-24-12-13-25-14-15-26-16-17-27-18-19-28-20-4-2-1-3-5-20/h1-5H,6-19,21H2. The van der Waals surface area contributed by atoms with Gasteiger partial charge in [-0.25, -0.2) is 0 Å². The summed E-state index contributed by atoms with van der Waals surface area (Å²) in [5.74, 6) is 0.851. The van der Waals surface area contributed by atoms with Crippen molar-refractivity contribution >= 4 is 0 Å². The number of hydrogen-bond donors (Lipinski definition) is 1. The molecule has 1 aromatic carbocycles. The Hall–Kier alpha value is -1.26. The van der Waals surface area contributed by atoms with Crippen LogP contribution < -0.4 is 10.5 Å². The first-order valence-electron chi connectivity index (χ1n) is 9.78. The molecule has 28 heavy (non-hydrogen) atoms. The first-order valence-corrected chi connectivity index (χ1v) is 9.78. The van der Waals surface area contributed by atoms with E-state index in [-0.39, 0.29) is 0 Å². The van der Waals surface area contributed by atoms with Crippen molar-refractivity contribution in [2.24, 2.45) is 5.73 Å². The molecule has 8 nitrogen and oxygen atoms in total. The third-order valence-corrected chi connectivity index (χ3v) is 3.36. The van der Waals surface area contributed by atoms with E-state index < -0.39 is 0 Å². The van der Waals surface area contributed by atoms with E-state index in [1.54, 1.807) is 0 Å². The van der Waals surface area contributed by atoms with Crippen molar-refractivity contribution in [1.82, 2.24) is 0 Å². The summed E-state index contributed by atoms with van der Waals surface area (Å²) in [7, 11) is 0. The highest BCUT2D eigenvalue weighted by Gasteiger charge is 1.95. The molecule has 0 saturated carbocycles. The Kier molecular flexibility index (Phi) is 18.1. The van der Waals surface area contributed by atoms with Crippen LogP contribution in [0.5, 0.6) is 5.75 Å². The van der Waals surface area contributed by atoms with E-state index in [1.807, 2.05) is 30.3 Å². The molecule has 0 heterocycles. The molecule has 1 aromatic rings. The summed E-state index contributed by atoms with van der Waals surface area (Å²) in [6, 6.07) is 9.68. The van der Waals surface area contributed by atoms with Crippen LogP contribution in [0, 0.1) is 0 Å². The highest BCUT2D eigenvalue weighted by molar-refractivity contribution is 5.20. The molecule has 0 aliphatic carbocycles. The first-order chi connectivity index (χ1) is 13.9. The Morgan fingerprint density at radius 3 is 1.21 bits per heavy atom. The molecule has 0 spiro atoms. The van der Waals surface area contributed by atoms with Gasteiger partial charge in [-0.15, -0.1) is 0 Å². The smallest absolute Gasteiger partial charge is 0.119 e. The first kappa shape index (κ1) is 24.8. The van der Waals surface area contributed by atoms with E-state index in [4.69, 9.17) is 38.9 Å². The monoisotopic (exact) mass is 401 g/mol. The van der Waals surface area contributed by atoms with E-state index in [1.165, 1.54) is 0 Å². The molecule has 0 radical (unpaired) electrons. The molecule has 1 rings (SSSR count). The van der Waals surface area contributed by atoms with Gasteiger partial charge in [0, 0.05) is 6.54 Å². The van der Waals surface area contributed by atoms with Gasteiger partial charge in [0.15, 0.2) is 0 Å². The fourth-order valence-corrected chi connectivity index (χ4v) is 2.02. The summed E-state index contributed by atoms with van der Waals surface area (Å²) in [6.45, 7) is 7.61. The number of para-hydroxylation sites is 1. The summed E-state index contributed by atoms with van der Waals surface area (Å²) in [5, 5.41) is 0. The normalized spacial score (nSPS) is 11.0. The Morgan fingerprint density at radius 1 is 0.464 bits per heavy atom. The minimum Gasteiger partial charge on any atom is -0.491 e. The van der Waals surface area contributed by atoms with Gasteiger partial charge < -0.3 is 38.9 Å². The molecule has 162 valence electrons. The molecule has 0 amide bonds. The quantitative estimate of drug-likeness (QED) is 0.307. The maximum Gasteiger partial charge on any atom is 0.119 e. The van der Waals surface area contributed by atoms with Crippen molar-refractivity contribution in [2.75, 3.05) is 92.4 Å². The van der Waals surface area contributed by atoms with Crippen molar-refractivity contribution in [3.05, 3.63) is 30.3 Å². The van der Waals surface area contributed by atoms with Crippen LogP contribution in [-0.4, -0.2) is 92.4 Å². The Morgan fingerprint density at radius 2 is 0.821 bits per heavy atom. The second kappa shape index (κ2) is 20.5. The zero-order chi connectivity index (χ0) is 20.0. The molecule has 0 aliphatic rings. The van der Waals surface area contributed by atoms with Gasteiger partial charge in [0.2, 0.25) is 0 Å². The topological polar surface area (TPSA) is 90.6 Å². The summed E-state index contributed by atoms with van der Waals surface area (Å²) in [4.78, 5) is 0. The second-order valence-electron chi connectivity index (χ2n) is 5.62. The highest BCUT2D eigenvalue weighted by Crippen LogP contribution is 2.07. The average Bonchev–Trinajstić information content (AvgIpc) is 2.73. The Bertz CT molecular complexity index is 422. The third-order valence-electron chi connectivity index (χ3n) is 3.36. The van der Waals surface area contributed by atoms with E-state index in [9.17, 15) is 0 Å². The van der Waals surface area contributed by atoms with E-state index >= 15 is 0 Å². The number of nitrogens with two attached hydrogens (primary N) is 1. The average molecular weight is 402 g/mol. The molecule has 0 fully saturated rings. The molecular weight excluding hydrogens is 366 g/mol. The second-order valence-corrected chi connectivity index (χ2v) is 5.62. The molecule has 0 saturated heterocycles. The van der Waals surface area contributed by atoms with Crippen LogP contribution in [0.4, 0.5) is 0 Å². The Balaban J connectivity index is 1.67. The number of hydrogen-bond acceptors (Lipinski definition) is 8. The van der Waals surface area contributed by atoms with Gasteiger partial charge in [0.05, 0.1) is 79.3 Å². The zero-order valence-electron chi connectivity index (χ0n) is 16.7. The minimum atomic E-state index is 0.528. The molecule has 0 bridgehead atoms. The predicted octanol–water partition coefficient (Wildman–Crippen LogP) is 1.12. The lowest BCUT2D eigenvalue weighted by molar-refractivity contribution is -0.0175. The van der Waals surface area contributed by atoms with Crippen LogP contribution in [0.2, 0.25) is 0 Å². The van der Waals surface area contributed by atoms with Gasteiger partial charge in [-0.2, -0.15) is 0 Å². The van der Waals surface area contributed by atoms with E-state index in [0.29, 0.717) is 92.4 Å². The summed E-state index contributed by atoms with van der Waals surface area (Å²) < 4.78 is 37.7. The lowest BCUT2D eigenvalue weighted by atomic mass is 10.3. The SMILES string of the molecule is NCCOCCOCCOCCOCCOCCOCCOc1ccccc1. The highest BCUT2D eigenvalue weighted by atomic mass is 16.6. The van der Waals surface area contributed by atoms with Crippen LogP contribution in [0.25, 0.3) is 0 Å². The van der Waals surface area contributed by atoms with Gasteiger partial charge in [-0.1, -0.05) is 18.2 Å². The summed E-state index contributed by atoms with van der Waals surface area (Å²) >= 11 is 0. The maximum absolute atomic E-state index is 5.52. The van der Waals surface area contributed by atoms with Gasteiger partial charge in [-0.3, -0.25) is 0 Å². The summed E-state index contributed by atoms with van der Waals surface area (Å²) in [5.41, 5.74) is 5.31. The molecule has 0 aliphatic heterocycles. The molecule has 0 atom stereocenters. The van der Waals surface area contributed by atoms with Crippen LogP contribution in [0.3, 0.4) is 0 Å². The minimum absolute atomic E-state index is 0.528. The predicted molar refractivity (Wildman–Crippen MR) is 106 cm³/mol. The fourth-order valence-electron chi connectivity index (χ4n) is 2.02. The fraction of sp³-hybridized carbons (Fsp3) is 0.700. The number of rotatable bonds is 21. The van der Waals surface area contributed by atoms with Crippen LogP contribution in [-0.2, 0) is 28.4 Å². The van der Waals surface area contributed by atoms with Crippen LogP contribution >= 0.6 is 0 Å². The molecule has 0 unspecified atom stereocenters. The summed E-state index contributed by atoms with van der Waals surface area (Å²) in [6.07, 6.45) is 0. The molecule has 8 heteroatoms. The lowest BCUT2D eigenvalue weighted by Crippen LogP contribution is -2.15. The van der Waals surface area contributed by atoms with Gasteiger partial charge in [0.1, 0.15) is 12.4 Å². The zero-order valence-corrected chi connectivity index (χ0v) is 16.7. The van der Waals surface area contributed by atoms with Gasteiger partial charge >= 0.3 is 0 Å². The third kappa shape index (κ3) is 16.9. The molecule has 0 aromatic heterocycles. The molecule has 2 N–H and O–H groups in total. The molecular formula is C20H35NO7. The largest absolute Gasteiger partial charge is 0.491 e. The number of benzene rings is 1. The van der Waals surface area contributed by atoms with Crippen molar-refractivity contribution in [3.8, 4) is 5.75 Å². The van der Waals surface area contributed by atoms with Crippen LogP contribution in [0.15, 0.2) is 30.3 Å². The van der Waals surface area contributed by atoms with Gasteiger partial charge in [0.25, 0.3) is 0 Å². The lowest BCUT2D eigenvalue weighted by Gasteiger charge is -2.08. The van der Waals surface area contributed by atoms with Crippen molar-refractivity contribution in [1.29, 1.82) is 0 Å². The van der Waals surface area contributed by atoms with E-state index in [0.717, 1.165) is 5.75 Å². The van der Waals surface area contributed by atoms with Crippen molar-refractivity contribution in [2.45, 2.75) is 0 Å². The van der Waals surface area contributed by atoms with Crippen molar-refractivity contribution < 1.29 is 33.2 Å². The van der Waals surface area contributed by atoms with E-state index in [2.05, 4.69) is 0 Å². The maximum atomic E-state index is 5.52. The Labute approximate surface area is 168 Å². The van der Waals surface area contributed by atoms with Crippen molar-refractivity contribution in [3.63, 3.8) is 0 Å². The van der Waals surface area contributed by atoms with Gasteiger partial charge in [-0.05, 0) is 12.1 Å².